The molecule has 118 valence electrons. The fourth-order valence-electron chi connectivity index (χ4n) is 2.53. The Balaban J connectivity index is 2.27. The Morgan fingerprint density at radius 3 is 2.82 bits per heavy atom. The van der Waals surface area contributed by atoms with Gasteiger partial charge < -0.3 is 20.7 Å². The Hall–Kier alpha value is -2.30. The molecule has 3 atom stereocenters. The van der Waals surface area contributed by atoms with Gasteiger partial charge in [-0.25, -0.2) is 4.98 Å². The van der Waals surface area contributed by atoms with Gasteiger partial charge in [-0.05, 0) is 6.92 Å². The van der Waals surface area contributed by atoms with Gasteiger partial charge in [0.15, 0.2) is 11.2 Å². The molecule has 10 nitrogen and oxygen atoms in total. The summed E-state index contributed by atoms with van der Waals surface area (Å²) in [6.45, 7) is 1.08. The van der Waals surface area contributed by atoms with Gasteiger partial charge in [-0.2, -0.15) is 4.98 Å². The van der Waals surface area contributed by atoms with Crippen LogP contribution in [0.3, 0.4) is 0 Å². The van der Waals surface area contributed by atoms with Crippen molar-refractivity contribution in [2.45, 2.75) is 31.8 Å². The molecule has 0 amide bonds. The normalized spacial score (nSPS) is 25.0. The average molecular weight is 309 g/mol. The van der Waals surface area contributed by atoms with Gasteiger partial charge in [-0.3, -0.25) is 19.1 Å². The third-order valence-electron chi connectivity index (χ3n) is 3.60. The van der Waals surface area contributed by atoms with Crippen LogP contribution in [0.5, 0.6) is 0 Å². The maximum atomic E-state index is 12.4. The van der Waals surface area contributed by atoms with Crippen molar-refractivity contribution in [3.63, 3.8) is 0 Å². The summed E-state index contributed by atoms with van der Waals surface area (Å²) < 4.78 is 6.62. The summed E-state index contributed by atoms with van der Waals surface area (Å²) in [6, 6.07) is 0. The largest absolute Gasteiger partial charge is 0.394 e. The lowest BCUT2D eigenvalue weighted by atomic mass is 10.2. The minimum absolute atomic E-state index is 0.0207. The fourth-order valence-corrected chi connectivity index (χ4v) is 2.53. The van der Waals surface area contributed by atoms with Gasteiger partial charge in [-0.1, -0.05) is 0 Å². The highest BCUT2D eigenvalue weighted by Gasteiger charge is 2.36. The molecular weight excluding hydrogens is 294 g/mol. The molecule has 2 aromatic heterocycles. The lowest BCUT2D eigenvalue weighted by molar-refractivity contribution is -0.0442. The molecule has 0 radical (unpaired) electrons. The minimum Gasteiger partial charge on any atom is -0.394 e. The highest BCUT2D eigenvalue weighted by atomic mass is 16.5. The Kier molecular flexibility index (Phi) is 3.43. The van der Waals surface area contributed by atoms with E-state index in [0.29, 0.717) is 0 Å². The molecule has 0 saturated carbocycles. The number of aliphatic hydroxyl groups excluding tert-OH is 2. The number of ether oxygens (including phenoxy) is 1. The zero-order valence-corrected chi connectivity index (χ0v) is 11.7. The minimum atomic E-state index is -0.926. The van der Waals surface area contributed by atoms with E-state index in [-0.39, 0.29) is 35.8 Å². The summed E-state index contributed by atoms with van der Waals surface area (Å²) in [6.07, 6.45) is -2.51. The number of hydrogen-bond acceptors (Lipinski definition) is 8. The van der Waals surface area contributed by atoms with E-state index in [1.54, 1.807) is 0 Å². The average Bonchev–Trinajstić information content (AvgIpc) is 2.82. The second-order valence-electron chi connectivity index (χ2n) is 5.11. The molecule has 3 rings (SSSR count). The Labute approximate surface area is 123 Å². The molecule has 0 spiro atoms. The summed E-state index contributed by atoms with van der Waals surface area (Å²) in [5, 5.41) is 19.0. The maximum Gasteiger partial charge on any atom is 0.280 e. The maximum absolute atomic E-state index is 12.4. The van der Waals surface area contributed by atoms with E-state index in [1.807, 2.05) is 0 Å². The van der Waals surface area contributed by atoms with E-state index in [0.717, 1.165) is 4.57 Å². The Morgan fingerprint density at radius 1 is 1.45 bits per heavy atom. The predicted molar refractivity (Wildman–Crippen MR) is 75.2 cm³/mol. The summed E-state index contributed by atoms with van der Waals surface area (Å²) >= 11 is 0. The van der Waals surface area contributed by atoms with Crippen LogP contribution >= 0.6 is 0 Å². The number of hydrogen-bond donors (Lipinski definition) is 4. The number of nitrogens with one attached hydrogen (secondary N) is 1. The van der Waals surface area contributed by atoms with Gasteiger partial charge >= 0.3 is 0 Å². The van der Waals surface area contributed by atoms with E-state index >= 15 is 0 Å². The van der Waals surface area contributed by atoms with Gasteiger partial charge in [0.1, 0.15) is 18.0 Å². The van der Waals surface area contributed by atoms with Crippen molar-refractivity contribution in [3.8, 4) is 0 Å². The zero-order valence-electron chi connectivity index (χ0n) is 11.7. The molecule has 0 aromatic carbocycles. The molecule has 0 unspecified atom stereocenters. The van der Waals surface area contributed by atoms with Crippen molar-refractivity contribution < 1.29 is 14.9 Å². The number of nitrogens with zero attached hydrogens (tertiary/aromatic N) is 3. The van der Waals surface area contributed by atoms with E-state index in [1.165, 1.54) is 6.92 Å². The van der Waals surface area contributed by atoms with Crippen molar-refractivity contribution in [1.82, 2.24) is 19.5 Å². The van der Waals surface area contributed by atoms with Gasteiger partial charge in [0.05, 0.1) is 12.7 Å². The molecule has 1 fully saturated rings. The first-order valence-corrected chi connectivity index (χ1v) is 6.65. The third-order valence-corrected chi connectivity index (χ3v) is 3.60. The fraction of sp³-hybridized carbons (Fsp3) is 0.500. The number of aryl methyl sites for hydroxylation is 1. The lowest BCUT2D eigenvalue weighted by Crippen LogP contribution is -2.31. The molecule has 1 aliphatic rings. The quantitative estimate of drug-likeness (QED) is 0.496. The number of aromatic nitrogens is 4. The number of rotatable bonds is 2. The highest BCUT2D eigenvalue weighted by Crippen LogP contribution is 2.28. The molecule has 0 bridgehead atoms. The molecule has 2 aromatic rings. The smallest absolute Gasteiger partial charge is 0.280 e. The summed E-state index contributed by atoms with van der Waals surface area (Å²) in [5.74, 6) is -0.159. The molecule has 1 saturated heterocycles. The van der Waals surface area contributed by atoms with Gasteiger partial charge in [-0.15, -0.1) is 0 Å². The highest BCUT2D eigenvalue weighted by molar-refractivity contribution is 5.70. The van der Waals surface area contributed by atoms with Crippen LogP contribution in [0.1, 0.15) is 18.3 Å². The van der Waals surface area contributed by atoms with Crippen molar-refractivity contribution in [3.05, 3.63) is 26.4 Å². The zero-order chi connectivity index (χ0) is 16.0. The van der Waals surface area contributed by atoms with Crippen LogP contribution in [0.25, 0.3) is 11.2 Å². The molecule has 5 N–H and O–H groups in total. The number of H-pyrrole nitrogens is 1. The lowest BCUT2D eigenvalue weighted by Gasteiger charge is -2.17. The molecule has 22 heavy (non-hydrogen) atoms. The van der Waals surface area contributed by atoms with E-state index < -0.39 is 29.6 Å². The first-order chi connectivity index (χ1) is 10.4. The third kappa shape index (κ3) is 2.17. The van der Waals surface area contributed by atoms with Gasteiger partial charge in [0.2, 0.25) is 5.95 Å². The predicted octanol–water partition coefficient (Wildman–Crippen LogP) is -1.99. The van der Waals surface area contributed by atoms with E-state index in [9.17, 15) is 14.7 Å². The number of nitrogen functional groups attached to an aromatic ring is 1. The van der Waals surface area contributed by atoms with Crippen LogP contribution in [-0.4, -0.2) is 48.5 Å². The summed E-state index contributed by atoms with van der Waals surface area (Å²) in [7, 11) is 0. The number of nitrogens with two attached hydrogens (primary N) is 1. The summed E-state index contributed by atoms with van der Waals surface area (Å²) in [5.41, 5.74) is 4.48. The molecule has 0 aliphatic carbocycles. The van der Waals surface area contributed by atoms with Gasteiger partial charge in [0.25, 0.3) is 11.1 Å². The topological polar surface area (TPSA) is 156 Å². The monoisotopic (exact) mass is 309 g/mol. The second-order valence-corrected chi connectivity index (χ2v) is 5.11. The Bertz CT molecular complexity index is 844. The Morgan fingerprint density at radius 2 is 2.18 bits per heavy atom. The van der Waals surface area contributed by atoms with Crippen molar-refractivity contribution in [2.75, 3.05) is 12.3 Å². The standard InChI is InChI=1S/C12H15N5O5/c1-4-11(21)17(7-2-5(19)6(3-18)22-7)9-8(14-4)10(20)16-12(13)15-9/h5-7,18-19H,2-3H2,1H3,(H3,13,15,16,20)/t5-,6+,7+/m0/s1. The molecule has 3 heterocycles. The van der Waals surface area contributed by atoms with Gasteiger partial charge in [0, 0.05) is 6.42 Å². The van der Waals surface area contributed by atoms with Crippen LogP contribution < -0.4 is 16.9 Å². The van der Waals surface area contributed by atoms with E-state index in [2.05, 4.69) is 15.0 Å². The van der Waals surface area contributed by atoms with E-state index in [4.69, 9.17) is 15.6 Å². The summed E-state index contributed by atoms with van der Waals surface area (Å²) in [4.78, 5) is 34.5. The van der Waals surface area contributed by atoms with Crippen molar-refractivity contribution >= 4 is 17.1 Å². The molecular formula is C12H15N5O5. The number of aliphatic hydroxyl groups is 2. The molecule has 1 aliphatic heterocycles. The van der Waals surface area contributed by atoms with Crippen LogP contribution in [0.4, 0.5) is 5.95 Å². The van der Waals surface area contributed by atoms with Crippen LogP contribution in [0.2, 0.25) is 0 Å². The molecule has 10 heteroatoms. The SMILES string of the molecule is Cc1nc2c(=O)[nH]c(N)nc2n([C@H]2C[C@H](O)[C@@H](CO)O2)c1=O. The first-order valence-electron chi connectivity index (χ1n) is 6.65. The number of aromatic amines is 1. The number of anilines is 1. The van der Waals surface area contributed by atoms with Crippen LogP contribution in [-0.2, 0) is 4.74 Å². The van der Waals surface area contributed by atoms with Crippen LogP contribution in [0.15, 0.2) is 9.59 Å². The number of fused-ring (bicyclic) bond motifs is 1. The van der Waals surface area contributed by atoms with Crippen molar-refractivity contribution in [1.29, 1.82) is 0 Å². The van der Waals surface area contributed by atoms with Crippen molar-refractivity contribution in [2.24, 2.45) is 0 Å². The first kappa shape index (κ1) is 14.6. The van der Waals surface area contributed by atoms with Crippen LogP contribution in [0, 0.1) is 6.92 Å². The second kappa shape index (κ2) is 5.16.